The van der Waals surface area contributed by atoms with Gasteiger partial charge in [0.25, 0.3) is 0 Å². The highest BCUT2D eigenvalue weighted by molar-refractivity contribution is 7.13. The third-order valence-corrected chi connectivity index (χ3v) is 19.5. The number of rotatable bonds is 15. The van der Waals surface area contributed by atoms with Gasteiger partial charge in [-0.1, -0.05) is 67.5 Å². The van der Waals surface area contributed by atoms with E-state index in [2.05, 4.69) is 40.5 Å². The largest absolute Gasteiger partial charge is 0.461 e. The maximum absolute atomic E-state index is 17.1. The smallest absolute Gasteiger partial charge is 0.409 e. The molecule has 7 aromatic rings. The predicted octanol–water partition coefficient (Wildman–Crippen LogP) is 8.54. The Morgan fingerprint density at radius 3 is 2.45 bits per heavy atom. The minimum absolute atomic E-state index is 0.00891. The van der Waals surface area contributed by atoms with E-state index in [0.29, 0.717) is 67.4 Å². The highest BCUT2D eigenvalue weighted by atomic mass is 32.1. The summed E-state index contributed by atoms with van der Waals surface area (Å²) < 4.78 is 65.6. The summed E-state index contributed by atoms with van der Waals surface area (Å²) >= 11 is 1.58. The Morgan fingerprint density at radius 2 is 1.69 bits per heavy atom. The summed E-state index contributed by atoms with van der Waals surface area (Å²) in [4.78, 5) is 71.3. The molecule has 19 nitrogen and oxygen atoms in total. The highest BCUT2D eigenvalue weighted by Crippen LogP contribution is 2.44. The Kier molecular flexibility index (Phi) is 15.4. The summed E-state index contributed by atoms with van der Waals surface area (Å²) in [5, 5.41) is 22.7. The SMILES string of the molecule is Cc1ncsc1-c1ccc([C@H](C)NC(=O)[C@@H]2C[C@@H](O)CN2C(=O)[C@@H](c2cc(N3CCN(C(=O)OC[C@@H]4CC[C@@]5(COc6nc(N7CC8CCC(C7)N8)c7cnc(-c8cccc9ccc(F)c(F)c89)c(F)c7n6)CCCN45)CC3)no2)C(C)C)cc1. The number of aromatic nitrogens is 5. The van der Waals surface area contributed by atoms with Gasteiger partial charge in [0.1, 0.15) is 42.2 Å². The first kappa shape index (κ1) is 56.6. The molecule has 6 aliphatic heterocycles. The molecule has 2 bridgehead atoms. The third kappa shape index (κ3) is 10.8. The lowest BCUT2D eigenvalue weighted by Gasteiger charge is -2.36. The van der Waals surface area contributed by atoms with Crippen molar-refractivity contribution in [1.29, 1.82) is 0 Å². The average Bonchev–Trinajstić information content (AvgIpc) is 2.99. The summed E-state index contributed by atoms with van der Waals surface area (Å²) in [6, 6.07) is 16.3. The molecule has 85 heavy (non-hydrogen) atoms. The van der Waals surface area contributed by atoms with Gasteiger partial charge in [-0.15, -0.1) is 11.3 Å². The number of carbonyl (C=O) groups is 3. The fourth-order valence-corrected chi connectivity index (χ4v) is 14.9. The fourth-order valence-electron chi connectivity index (χ4n) is 14.0. The van der Waals surface area contributed by atoms with Crippen molar-refractivity contribution < 1.29 is 46.7 Å². The number of aliphatic hydroxyl groups is 1. The van der Waals surface area contributed by atoms with Crippen LogP contribution in [0.15, 0.2) is 76.9 Å². The molecule has 3 N–H and O–H groups in total. The number of anilines is 2. The van der Waals surface area contributed by atoms with E-state index in [1.807, 2.05) is 62.4 Å². The van der Waals surface area contributed by atoms with Crippen molar-refractivity contribution >= 4 is 62.6 Å². The van der Waals surface area contributed by atoms with Gasteiger partial charge in [0, 0.05) is 93.6 Å². The van der Waals surface area contributed by atoms with Crippen LogP contribution in [0.25, 0.3) is 43.4 Å². The van der Waals surface area contributed by atoms with E-state index in [9.17, 15) is 23.9 Å². The molecule has 0 spiro atoms. The Balaban J connectivity index is 0.630. The molecule has 3 amide bonds. The number of thiazole rings is 1. The zero-order valence-corrected chi connectivity index (χ0v) is 48.8. The van der Waals surface area contributed by atoms with Gasteiger partial charge in [-0.2, -0.15) is 9.97 Å². The van der Waals surface area contributed by atoms with E-state index in [1.54, 1.807) is 34.4 Å². The fraction of sp³-hybridized carbons (Fsp3) is 0.484. The van der Waals surface area contributed by atoms with Crippen molar-refractivity contribution in [2.75, 3.05) is 75.4 Å². The molecule has 10 heterocycles. The normalized spacial score (nSPS) is 24.0. The van der Waals surface area contributed by atoms with E-state index in [1.165, 1.54) is 23.2 Å². The number of aryl methyl sites for hydroxylation is 1. The maximum atomic E-state index is 17.1. The number of piperazine rings is 2. The second-order valence-corrected chi connectivity index (χ2v) is 25.1. The Morgan fingerprint density at radius 1 is 0.906 bits per heavy atom. The number of nitrogens with zero attached hydrogens (tertiary/aromatic N) is 10. The standard InChI is InChI=1S/C62H69F3N12O7S/c1-34(2)50(59(80)76-30-43(78)25-47(76)58(79)68-35(3)37-9-11-39(12-10-37)56-36(4)67-33-85-56)48-26-49(72-84-48)73-21-23-74(24-22-73)61(81)82-31-42-17-19-62(18-6-20-77(42)62)32-83-60-70-55-45(57(71-60)75-28-40-14-15-41(29-75)69-40)27-66-54(53(55)65)44-8-5-7-38-13-16-46(63)52(64)51(38)44/h5,7-13,16,26-27,33-35,40-43,47,50,69,78H,6,14-15,17-25,28-32H2,1-4H3,(H,68,79)/t35-,40?,41?,42-,43+,47-,50+,62+/m0/s1. The Labute approximate surface area is 493 Å². The van der Waals surface area contributed by atoms with Crippen LogP contribution < -0.4 is 25.2 Å². The molecule has 0 radical (unpaired) electrons. The van der Waals surface area contributed by atoms with Gasteiger partial charge in [-0.3, -0.25) is 19.5 Å². The average molecular weight is 1180 g/mol. The summed E-state index contributed by atoms with van der Waals surface area (Å²) in [7, 11) is 0. The highest BCUT2D eigenvalue weighted by Gasteiger charge is 2.51. The first-order valence-electron chi connectivity index (χ1n) is 29.7. The van der Waals surface area contributed by atoms with Crippen LogP contribution >= 0.6 is 11.3 Å². The molecule has 3 aromatic carbocycles. The number of ether oxygens (including phenoxy) is 2. The van der Waals surface area contributed by atoms with Crippen LogP contribution in [0.4, 0.5) is 29.6 Å². The third-order valence-electron chi connectivity index (χ3n) is 18.5. The topological polar surface area (TPSA) is 208 Å². The molecule has 6 aliphatic rings. The first-order chi connectivity index (χ1) is 41.1. The molecule has 4 aromatic heterocycles. The van der Waals surface area contributed by atoms with Gasteiger partial charge in [0.15, 0.2) is 29.0 Å². The van der Waals surface area contributed by atoms with Gasteiger partial charge in [-0.25, -0.2) is 22.9 Å². The quantitative estimate of drug-likeness (QED) is 0.0879. The Hall–Kier alpha value is -7.47. The number of aliphatic hydroxyl groups excluding tert-OH is 1. The summed E-state index contributed by atoms with van der Waals surface area (Å²) in [5.74, 6) is -3.18. The lowest BCUT2D eigenvalue weighted by atomic mass is 9.91. The first-order valence-corrected chi connectivity index (χ1v) is 30.5. The van der Waals surface area contributed by atoms with Gasteiger partial charge in [0.05, 0.1) is 39.2 Å². The van der Waals surface area contributed by atoms with Gasteiger partial charge < -0.3 is 49.3 Å². The second kappa shape index (κ2) is 23.1. The molecule has 2 unspecified atom stereocenters. The number of hydrogen-bond acceptors (Lipinski definition) is 17. The molecule has 0 aliphatic carbocycles. The molecule has 0 saturated carbocycles. The van der Waals surface area contributed by atoms with E-state index < -0.39 is 47.1 Å². The van der Waals surface area contributed by atoms with E-state index in [4.69, 9.17) is 19.0 Å². The number of fused-ring (bicyclic) bond motifs is 5. The lowest BCUT2D eigenvalue weighted by molar-refractivity contribution is -0.141. The van der Waals surface area contributed by atoms with Crippen LogP contribution in [0, 0.1) is 30.3 Å². The number of hydrogen-bond donors (Lipinski definition) is 3. The summed E-state index contributed by atoms with van der Waals surface area (Å²) in [6.45, 7) is 11.9. The maximum Gasteiger partial charge on any atom is 0.409 e. The number of benzene rings is 3. The van der Waals surface area contributed by atoms with Crippen molar-refractivity contribution in [2.24, 2.45) is 5.92 Å². The number of carbonyl (C=O) groups excluding carboxylic acids is 3. The number of halogens is 3. The minimum Gasteiger partial charge on any atom is -0.461 e. The number of amides is 3. The second-order valence-electron chi connectivity index (χ2n) is 24.2. The van der Waals surface area contributed by atoms with Gasteiger partial charge in [-0.05, 0) is 87.4 Å². The van der Waals surface area contributed by atoms with Crippen LogP contribution in [0.5, 0.6) is 6.01 Å². The van der Waals surface area contributed by atoms with Gasteiger partial charge in [0.2, 0.25) is 11.8 Å². The van der Waals surface area contributed by atoms with Crippen molar-refractivity contribution in [3.05, 3.63) is 107 Å². The van der Waals surface area contributed by atoms with Crippen LogP contribution in [0.3, 0.4) is 0 Å². The number of β-amino-alcohol motifs (C(OH)–C–C–N with tert-alkyl or cyclic N) is 1. The summed E-state index contributed by atoms with van der Waals surface area (Å²) in [6.07, 6.45) is 5.69. The molecule has 6 saturated heterocycles. The molecule has 8 atom stereocenters. The predicted molar refractivity (Wildman–Crippen MR) is 314 cm³/mol. The number of nitrogens with one attached hydrogen (secondary N) is 2. The van der Waals surface area contributed by atoms with Crippen molar-refractivity contribution in [2.45, 2.75) is 120 Å². The molecule has 446 valence electrons. The monoisotopic (exact) mass is 1180 g/mol. The van der Waals surface area contributed by atoms with E-state index >= 15 is 8.78 Å². The lowest BCUT2D eigenvalue weighted by Crippen LogP contribution is -2.51. The molecule has 6 fully saturated rings. The zero-order valence-electron chi connectivity index (χ0n) is 48.0. The van der Waals surface area contributed by atoms with Crippen LogP contribution in [0.1, 0.15) is 94.7 Å². The van der Waals surface area contributed by atoms with Gasteiger partial charge >= 0.3 is 12.1 Å². The minimum atomic E-state index is -1.08. The Bertz CT molecular complexity index is 3660. The zero-order chi connectivity index (χ0) is 58.8. The van der Waals surface area contributed by atoms with E-state index in [-0.39, 0.29) is 96.2 Å². The molecule has 13 rings (SSSR count). The number of pyridine rings is 1. The van der Waals surface area contributed by atoms with E-state index in [0.717, 1.165) is 72.8 Å². The van der Waals surface area contributed by atoms with Crippen LogP contribution in [-0.2, 0) is 14.3 Å². The molecule has 23 heteroatoms. The van der Waals surface area contributed by atoms with Crippen LogP contribution in [0.2, 0.25) is 0 Å². The van der Waals surface area contributed by atoms with Crippen molar-refractivity contribution in [1.82, 2.24) is 50.4 Å². The van der Waals surface area contributed by atoms with Crippen LogP contribution in [-0.4, -0.2) is 164 Å². The molecular weight excluding hydrogens is 1110 g/mol. The van der Waals surface area contributed by atoms with Crippen molar-refractivity contribution in [3.63, 3.8) is 0 Å². The number of likely N-dealkylation sites (tertiary alicyclic amines) is 1. The summed E-state index contributed by atoms with van der Waals surface area (Å²) in [5.41, 5.74) is 4.27. The van der Waals surface area contributed by atoms with Crippen molar-refractivity contribution in [3.8, 4) is 27.7 Å². The molecular formula is C62H69F3N12O7S.